The summed E-state index contributed by atoms with van der Waals surface area (Å²) in [5.41, 5.74) is 9.94. The molecule has 0 unspecified atom stereocenters. The first-order chi connectivity index (χ1) is 11.6. The van der Waals surface area contributed by atoms with Gasteiger partial charge in [0.25, 0.3) is 0 Å². The smallest absolute Gasteiger partial charge is 0.214 e. The Bertz CT molecular complexity index is 1090. The van der Waals surface area contributed by atoms with Crippen molar-refractivity contribution in [2.75, 3.05) is 5.73 Å². The first kappa shape index (κ1) is 14.8. The molecule has 0 aliphatic rings. The minimum atomic E-state index is 0.777. The number of aromatic nitrogens is 1. The molecular weight excluding hydrogens is 314 g/mol. The van der Waals surface area contributed by atoms with Crippen LogP contribution in [0.5, 0.6) is 0 Å². The molecule has 118 valence electrons. The fourth-order valence-electron chi connectivity index (χ4n) is 2.96. The number of nitrogens with two attached hydrogens (primary N) is 1. The van der Waals surface area contributed by atoms with Crippen molar-refractivity contribution < 1.29 is 4.57 Å². The second-order valence-corrected chi connectivity index (χ2v) is 7.29. The summed E-state index contributed by atoms with van der Waals surface area (Å²) < 4.78 is 2.18. The predicted molar refractivity (Wildman–Crippen MR) is 103 cm³/mol. The molecule has 4 heteroatoms. The van der Waals surface area contributed by atoms with Crippen LogP contribution in [0, 0.1) is 6.92 Å². The number of fused-ring (bicyclic) bond motifs is 2. The quantitative estimate of drug-likeness (QED) is 0.249. The minimum absolute atomic E-state index is 0.777. The molecule has 4 rings (SSSR count). The van der Waals surface area contributed by atoms with Gasteiger partial charge in [-0.05, 0) is 49.4 Å². The Hall–Kier alpha value is -2.72. The second kappa shape index (κ2) is 5.73. The molecule has 2 aromatic carbocycles. The van der Waals surface area contributed by atoms with Crippen molar-refractivity contribution in [1.82, 2.24) is 0 Å². The molecule has 3 nitrogen and oxygen atoms in total. The zero-order valence-corrected chi connectivity index (χ0v) is 14.5. The summed E-state index contributed by atoms with van der Waals surface area (Å²) in [5.74, 6) is 0. The Balaban J connectivity index is 1.83. The third kappa shape index (κ3) is 2.65. The lowest BCUT2D eigenvalue weighted by molar-refractivity contribution is -0.617. The highest BCUT2D eigenvalue weighted by Crippen LogP contribution is 2.24. The summed E-state index contributed by atoms with van der Waals surface area (Å²) in [6.45, 7) is 2.11. The average molecular weight is 332 g/mol. The van der Waals surface area contributed by atoms with Gasteiger partial charge in [0.15, 0.2) is 0 Å². The molecule has 2 N–H and O–H groups in total. The molecule has 0 saturated carbocycles. The van der Waals surface area contributed by atoms with Crippen molar-refractivity contribution >= 4 is 50.7 Å². The van der Waals surface area contributed by atoms with Crippen LogP contribution in [-0.4, -0.2) is 6.21 Å². The van der Waals surface area contributed by atoms with Gasteiger partial charge < -0.3 is 5.73 Å². The van der Waals surface area contributed by atoms with Crippen LogP contribution in [0.2, 0.25) is 0 Å². The summed E-state index contributed by atoms with van der Waals surface area (Å²) >= 11 is 1.75. The van der Waals surface area contributed by atoms with Crippen LogP contribution in [0.3, 0.4) is 0 Å². The molecule has 0 fully saturated rings. The number of hydrogen-bond donors (Lipinski definition) is 1. The highest BCUT2D eigenvalue weighted by atomic mass is 32.1. The van der Waals surface area contributed by atoms with E-state index in [1.165, 1.54) is 20.5 Å². The third-order valence-corrected chi connectivity index (χ3v) is 5.14. The van der Waals surface area contributed by atoms with Gasteiger partial charge in [0.2, 0.25) is 11.0 Å². The van der Waals surface area contributed by atoms with E-state index in [4.69, 9.17) is 5.73 Å². The summed E-state index contributed by atoms with van der Waals surface area (Å²) in [6, 6.07) is 18.7. The predicted octanol–water partition coefficient (Wildman–Crippen LogP) is 4.52. The van der Waals surface area contributed by atoms with E-state index in [-0.39, 0.29) is 0 Å². The van der Waals surface area contributed by atoms with Gasteiger partial charge in [-0.3, -0.25) is 4.99 Å². The van der Waals surface area contributed by atoms with Crippen molar-refractivity contribution in [1.29, 1.82) is 0 Å². The van der Waals surface area contributed by atoms with E-state index in [1.54, 1.807) is 11.3 Å². The molecule has 0 radical (unpaired) electrons. The van der Waals surface area contributed by atoms with Crippen LogP contribution < -0.4 is 10.3 Å². The Kier molecular flexibility index (Phi) is 3.54. The number of aliphatic imine (C=N–C) groups is 1. The fraction of sp³-hybridized carbons (Fsp3) is 0.100. The maximum atomic E-state index is 5.95. The van der Waals surface area contributed by atoms with Gasteiger partial charge in [-0.25, -0.2) is 0 Å². The first-order valence-electron chi connectivity index (χ1n) is 7.83. The molecule has 0 aliphatic carbocycles. The summed E-state index contributed by atoms with van der Waals surface area (Å²) in [7, 11) is 2.07. The van der Waals surface area contributed by atoms with E-state index in [0.717, 1.165) is 22.4 Å². The molecule has 0 bridgehead atoms. The van der Waals surface area contributed by atoms with E-state index >= 15 is 0 Å². The van der Waals surface area contributed by atoms with Crippen LogP contribution >= 0.6 is 11.3 Å². The average Bonchev–Trinajstić information content (AvgIpc) is 3.00. The van der Waals surface area contributed by atoms with Crippen molar-refractivity contribution in [3.8, 4) is 0 Å². The number of pyridine rings is 1. The van der Waals surface area contributed by atoms with Gasteiger partial charge in [0.05, 0.1) is 5.69 Å². The Labute approximate surface area is 144 Å². The monoisotopic (exact) mass is 332 g/mol. The van der Waals surface area contributed by atoms with Gasteiger partial charge in [-0.1, -0.05) is 0 Å². The molecule has 0 spiro atoms. The maximum Gasteiger partial charge on any atom is 0.214 e. The molecule has 2 aromatic heterocycles. The van der Waals surface area contributed by atoms with Crippen molar-refractivity contribution in [2.45, 2.75) is 6.92 Å². The second-order valence-electron chi connectivity index (χ2n) is 5.97. The molecular formula is C20H18N3S+. The van der Waals surface area contributed by atoms with E-state index in [2.05, 4.69) is 66.0 Å². The Morgan fingerprint density at radius 3 is 2.46 bits per heavy atom. The molecule has 0 aliphatic heterocycles. The normalized spacial score (nSPS) is 11.8. The molecule has 2 heterocycles. The van der Waals surface area contributed by atoms with Crippen LogP contribution in [-0.2, 0) is 7.05 Å². The zero-order valence-electron chi connectivity index (χ0n) is 13.7. The highest BCUT2D eigenvalue weighted by molar-refractivity contribution is 7.13. The molecule has 0 amide bonds. The lowest BCUT2D eigenvalue weighted by Gasteiger charge is -2.03. The van der Waals surface area contributed by atoms with Gasteiger partial charge in [-0.2, -0.15) is 4.57 Å². The topological polar surface area (TPSA) is 42.3 Å². The number of nitrogen functional groups attached to an aromatic ring is 1. The SMILES string of the molecule is Cc1ccc(C=Nc2ccc3cc4ccc(N)cc4[n+](C)c3c2)s1. The molecule has 24 heavy (non-hydrogen) atoms. The zero-order chi connectivity index (χ0) is 16.7. The number of aryl methyl sites for hydroxylation is 2. The lowest BCUT2D eigenvalue weighted by Crippen LogP contribution is -2.30. The largest absolute Gasteiger partial charge is 0.399 e. The Morgan fingerprint density at radius 2 is 1.71 bits per heavy atom. The fourth-order valence-corrected chi connectivity index (χ4v) is 3.71. The number of anilines is 1. The van der Waals surface area contributed by atoms with Crippen LogP contribution in [0.4, 0.5) is 11.4 Å². The minimum Gasteiger partial charge on any atom is -0.399 e. The summed E-state index contributed by atoms with van der Waals surface area (Å²) in [6.07, 6.45) is 1.93. The van der Waals surface area contributed by atoms with Crippen LogP contribution in [0.25, 0.3) is 21.8 Å². The van der Waals surface area contributed by atoms with Crippen molar-refractivity contribution in [3.63, 3.8) is 0 Å². The number of hydrogen-bond acceptors (Lipinski definition) is 3. The number of nitrogens with zero attached hydrogens (tertiary/aromatic N) is 2. The number of benzene rings is 2. The van der Waals surface area contributed by atoms with Gasteiger partial charge >= 0.3 is 0 Å². The summed E-state index contributed by atoms with van der Waals surface area (Å²) in [5, 5.41) is 2.38. The molecule has 0 atom stereocenters. The standard InChI is InChI=1S/C20H17N3S/c1-13-3-8-18(24-13)12-22-17-7-5-15-9-14-4-6-16(21)10-19(14)23(2)20(15)11-17/h3-12,21H,1-2H3/p+1. The summed E-state index contributed by atoms with van der Waals surface area (Å²) in [4.78, 5) is 7.09. The van der Waals surface area contributed by atoms with Crippen LogP contribution in [0.15, 0.2) is 59.6 Å². The maximum absolute atomic E-state index is 5.95. The third-order valence-electron chi connectivity index (χ3n) is 4.20. The van der Waals surface area contributed by atoms with Crippen LogP contribution in [0.1, 0.15) is 9.75 Å². The van der Waals surface area contributed by atoms with Gasteiger partial charge in [-0.15, -0.1) is 11.3 Å². The number of thiophene rings is 1. The highest BCUT2D eigenvalue weighted by Gasteiger charge is 2.12. The molecule has 4 aromatic rings. The first-order valence-corrected chi connectivity index (χ1v) is 8.64. The lowest BCUT2D eigenvalue weighted by atomic mass is 10.1. The molecule has 0 saturated heterocycles. The van der Waals surface area contributed by atoms with Gasteiger partial charge in [0.1, 0.15) is 7.05 Å². The van der Waals surface area contributed by atoms with Crippen molar-refractivity contribution in [2.24, 2.45) is 12.0 Å². The van der Waals surface area contributed by atoms with E-state index < -0.39 is 0 Å². The van der Waals surface area contributed by atoms with E-state index in [9.17, 15) is 0 Å². The van der Waals surface area contributed by atoms with E-state index in [1.807, 2.05) is 18.3 Å². The Morgan fingerprint density at radius 1 is 0.958 bits per heavy atom. The van der Waals surface area contributed by atoms with Gasteiger partial charge in [0, 0.05) is 44.6 Å². The number of rotatable bonds is 2. The van der Waals surface area contributed by atoms with Crippen molar-refractivity contribution in [3.05, 3.63) is 64.4 Å². The van der Waals surface area contributed by atoms with E-state index in [0.29, 0.717) is 0 Å².